The van der Waals surface area contributed by atoms with Gasteiger partial charge in [-0.1, -0.05) is 24.2 Å². The van der Waals surface area contributed by atoms with Crippen LogP contribution in [0.1, 0.15) is 43.8 Å². The number of hydrogen-bond donors (Lipinski definition) is 0. The highest BCUT2D eigenvalue weighted by Crippen LogP contribution is 2.27. The summed E-state index contributed by atoms with van der Waals surface area (Å²) in [7, 11) is 0. The summed E-state index contributed by atoms with van der Waals surface area (Å²) in [6, 6.07) is 6.14. The molecule has 1 saturated heterocycles. The van der Waals surface area contributed by atoms with Crippen LogP contribution in [0.2, 0.25) is 0 Å². The zero-order valence-electron chi connectivity index (χ0n) is 14.4. The number of halogens is 1. The molecule has 1 atom stereocenters. The SMILES string of the molecule is CC[C@H](Oc1ccccc1F)C(=O)N1CCC(c2noc(C)n2)CC1. The van der Waals surface area contributed by atoms with Gasteiger partial charge in [0.1, 0.15) is 0 Å². The summed E-state index contributed by atoms with van der Waals surface area (Å²) in [4.78, 5) is 18.8. The molecule has 6 nitrogen and oxygen atoms in total. The maximum Gasteiger partial charge on any atom is 0.263 e. The third-order valence-corrected chi connectivity index (χ3v) is 4.47. The van der Waals surface area contributed by atoms with Crippen LogP contribution in [0.3, 0.4) is 0 Å². The number of likely N-dealkylation sites (tertiary alicyclic amines) is 1. The number of ether oxygens (including phenoxy) is 1. The third kappa shape index (κ3) is 3.97. The molecule has 3 rings (SSSR count). The number of aryl methyl sites for hydroxylation is 1. The predicted octanol–water partition coefficient (Wildman–Crippen LogP) is 3.08. The van der Waals surface area contributed by atoms with E-state index in [2.05, 4.69) is 10.1 Å². The van der Waals surface area contributed by atoms with Gasteiger partial charge in [-0.05, 0) is 31.4 Å². The lowest BCUT2D eigenvalue weighted by molar-refractivity contribution is -0.140. The van der Waals surface area contributed by atoms with Crippen molar-refractivity contribution in [2.75, 3.05) is 13.1 Å². The minimum atomic E-state index is -0.680. The quantitative estimate of drug-likeness (QED) is 0.831. The van der Waals surface area contributed by atoms with Gasteiger partial charge in [-0.15, -0.1) is 0 Å². The topological polar surface area (TPSA) is 68.5 Å². The van der Waals surface area contributed by atoms with E-state index in [4.69, 9.17) is 9.26 Å². The number of rotatable bonds is 5. The van der Waals surface area contributed by atoms with Gasteiger partial charge in [-0.25, -0.2) is 4.39 Å². The molecule has 0 unspecified atom stereocenters. The minimum absolute atomic E-state index is 0.103. The molecule has 2 heterocycles. The summed E-state index contributed by atoms with van der Waals surface area (Å²) in [6.07, 6.45) is 1.36. The summed E-state index contributed by atoms with van der Waals surface area (Å²) in [6.45, 7) is 4.84. The molecule has 1 fully saturated rings. The zero-order chi connectivity index (χ0) is 17.8. The van der Waals surface area contributed by atoms with E-state index in [1.807, 2.05) is 6.92 Å². The fourth-order valence-corrected chi connectivity index (χ4v) is 3.04. The van der Waals surface area contributed by atoms with Crippen LogP contribution in [-0.4, -0.2) is 40.1 Å². The normalized spacial score (nSPS) is 16.7. The second kappa shape index (κ2) is 7.63. The molecule has 25 heavy (non-hydrogen) atoms. The molecular formula is C18H22FN3O3. The second-order valence-corrected chi connectivity index (χ2v) is 6.22. The van der Waals surface area contributed by atoms with Crippen molar-refractivity contribution >= 4 is 5.91 Å². The molecule has 0 bridgehead atoms. The van der Waals surface area contributed by atoms with Gasteiger partial charge in [0.2, 0.25) is 5.89 Å². The smallest absolute Gasteiger partial charge is 0.263 e. The molecule has 0 saturated carbocycles. The lowest BCUT2D eigenvalue weighted by atomic mass is 9.95. The highest BCUT2D eigenvalue weighted by molar-refractivity contribution is 5.81. The van der Waals surface area contributed by atoms with E-state index in [0.717, 1.165) is 12.8 Å². The van der Waals surface area contributed by atoms with E-state index < -0.39 is 11.9 Å². The molecule has 0 aliphatic carbocycles. The van der Waals surface area contributed by atoms with Gasteiger partial charge in [0.15, 0.2) is 23.5 Å². The monoisotopic (exact) mass is 347 g/mol. The minimum Gasteiger partial charge on any atom is -0.478 e. The van der Waals surface area contributed by atoms with Crippen molar-refractivity contribution in [1.82, 2.24) is 15.0 Å². The maximum atomic E-state index is 13.8. The Hall–Kier alpha value is -2.44. The fourth-order valence-electron chi connectivity index (χ4n) is 3.04. The number of benzene rings is 1. The molecule has 1 aliphatic heterocycles. The van der Waals surface area contributed by atoms with Crippen molar-refractivity contribution < 1.29 is 18.4 Å². The van der Waals surface area contributed by atoms with Crippen LogP contribution in [0, 0.1) is 12.7 Å². The van der Waals surface area contributed by atoms with Crippen LogP contribution in [0.5, 0.6) is 5.75 Å². The first kappa shape index (κ1) is 17.4. The lowest BCUT2D eigenvalue weighted by Gasteiger charge is -2.33. The fraction of sp³-hybridized carbons (Fsp3) is 0.500. The maximum absolute atomic E-state index is 13.8. The van der Waals surface area contributed by atoms with Crippen molar-refractivity contribution in [3.63, 3.8) is 0 Å². The van der Waals surface area contributed by atoms with E-state index in [1.165, 1.54) is 12.1 Å². The summed E-state index contributed by atoms with van der Waals surface area (Å²) < 4.78 is 24.4. The van der Waals surface area contributed by atoms with Gasteiger partial charge in [0.25, 0.3) is 5.91 Å². The van der Waals surface area contributed by atoms with E-state index in [9.17, 15) is 9.18 Å². The molecular weight excluding hydrogens is 325 g/mol. The van der Waals surface area contributed by atoms with Crippen LogP contribution < -0.4 is 4.74 Å². The third-order valence-electron chi connectivity index (χ3n) is 4.47. The lowest BCUT2D eigenvalue weighted by Crippen LogP contribution is -2.45. The van der Waals surface area contributed by atoms with Crippen molar-refractivity contribution in [2.24, 2.45) is 0 Å². The van der Waals surface area contributed by atoms with Crippen molar-refractivity contribution in [3.05, 3.63) is 41.8 Å². The van der Waals surface area contributed by atoms with Gasteiger partial charge in [-0.2, -0.15) is 4.98 Å². The number of carbonyl (C=O) groups excluding carboxylic acids is 1. The van der Waals surface area contributed by atoms with Gasteiger partial charge in [0, 0.05) is 25.9 Å². The number of hydrogen-bond acceptors (Lipinski definition) is 5. The number of carbonyl (C=O) groups is 1. The number of aromatic nitrogens is 2. The Bertz CT molecular complexity index is 726. The van der Waals surface area contributed by atoms with E-state index in [1.54, 1.807) is 24.0 Å². The van der Waals surface area contributed by atoms with Crippen molar-refractivity contribution in [2.45, 2.75) is 45.1 Å². The number of amides is 1. The average molecular weight is 347 g/mol. The summed E-state index contributed by atoms with van der Waals surface area (Å²) >= 11 is 0. The first-order valence-electron chi connectivity index (χ1n) is 8.58. The zero-order valence-corrected chi connectivity index (χ0v) is 14.4. The Labute approximate surface area is 146 Å². The standard InChI is InChI=1S/C18H22FN3O3/c1-3-15(24-16-7-5-4-6-14(16)19)18(23)22-10-8-13(9-11-22)17-20-12(2)25-21-17/h4-7,13,15H,3,8-11H2,1-2H3/t15-/m0/s1. The molecule has 0 N–H and O–H groups in total. The predicted molar refractivity (Wildman–Crippen MR) is 88.7 cm³/mol. The molecule has 1 aromatic carbocycles. The van der Waals surface area contributed by atoms with Crippen LogP contribution in [-0.2, 0) is 4.79 Å². The first-order chi connectivity index (χ1) is 12.1. The van der Waals surface area contributed by atoms with Gasteiger partial charge in [0.05, 0.1) is 0 Å². The van der Waals surface area contributed by atoms with Gasteiger partial charge < -0.3 is 14.2 Å². The van der Waals surface area contributed by atoms with Crippen LogP contribution in [0.15, 0.2) is 28.8 Å². The molecule has 0 spiro atoms. The largest absolute Gasteiger partial charge is 0.478 e. The summed E-state index contributed by atoms with van der Waals surface area (Å²) in [5.74, 6) is 1.01. The van der Waals surface area contributed by atoms with Gasteiger partial charge >= 0.3 is 0 Å². The average Bonchev–Trinajstić information content (AvgIpc) is 3.07. The Morgan fingerprint density at radius 2 is 2.12 bits per heavy atom. The summed E-state index contributed by atoms with van der Waals surface area (Å²) in [5.41, 5.74) is 0. The Morgan fingerprint density at radius 3 is 2.72 bits per heavy atom. The van der Waals surface area contributed by atoms with Gasteiger partial charge in [-0.3, -0.25) is 4.79 Å². The number of para-hydroxylation sites is 1. The van der Waals surface area contributed by atoms with E-state index in [-0.39, 0.29) is 17.6 Å². The molecule has 1 amide bonds. The first-order valence-corrected chi connectivity index (χ1v) is 8.58. The molecule has 1 aliphatic rings. The highest BCUT2D eigenvalue weighted by Gasteiger charge is 2.31. The molecule has 7 heteroatoms. The second-order valence-electron chi connectivity index (χ2n) is 6.22. The Kier molecular flexibility index (Phi) is 5.31. The molecule has 2 aromatic rings. The Balaban J connectivity index is 1.59. The molecule has 134 valence electrons. The molecule has 1 aromatic heterocycles. The van der Waals surface area contributed by atoms with Crippen molar-refractivity contribution in [3.8, 4) is 5.75 Å². The van der Waals surface area contributed by atoms with Crippen LogP contribution in [0.4, 0.5) is 4.39 Å². The van der Waals surface area contributed by atoms with E-state index >= 15 is 0 Å². The number of piperidine rings is 1. The molecule has 0 radical (unpaired) electrons. The van der Waals surface area contributed by atoms with Crippen molar-refractivity contribution in [1.29, 1.82) is 0 Å². The highest BCUT2D eigenvalue weighted by atomic mass is 19.1. The van der Waals surface area contributed by atoms with Crippen LogP contribution >= 0.6 is 0 Å². The number of nitrogens with zero attached hydrogens (tertiary/aromatic N) is 3. The van der Waals surface area contributed by atoms with E-state index in [0.29, 0.717) is 31.2 Å². The summed E-state index contributed by atoms with van der Waals surface area (Å²) in [5, 5.41) is 3.97. The Morgan fingerprint density at radius 1 is 1.40 bits per heavy atom. The van der Waals surface area contributed by atoms with Crippen LogP contribution in [0.25, 0.3) is 0 Å².